The molecule has 1 rings (SSSR count). The lowest BCUT2D eigenvalue weighted by molar-refractivity contribution is 0.0692. The van der Waals surface area contributed by atoms with Crippen LogP contribution in [0.1, 0.15) is 36.7 Å². The zero-order chi connectivity index (χ0) is 13.2. The highest BCUT2D eigenvalue weighted by Crippen LogP contribution is 2.37. The summed E-state index contributed by atoms with van der Waals surface area (Å²) in [5, 5.41) is 9.17. The van der Waals surface area contributed by atoms with Crippen molar-refractivity contribution in [2.75, 3.05) is 14.2 Å². The number of carboxylic acid groups (broad SMARTS) is 1. The van der Waals surface area contributed by atoms with E-state index in [-0.39, 0.29) is 11.0 Å². The van der Waals surface area contributed by atoms with Gasteiger partial charge in [-0.1, -0.05) is 20.8 Å². The quantitative estimate of drug-likeness (QED) is 0.879. The monoisotopic (exact) mass is 238 g/mol. The first kappa shape index (κ1) is 13.4. The van der Waals surface area contributed by atoms with E-state index in [1.54, 1.807) is 0 Å². The Morgan fingerprint density at radius 3 is 2.12 bits per heavy atom. The van der Waals surface area contributed by atoms with E-state index in [0.29, 0.717) is 11.5 Å². The summed E-state index contributed by atoms with van der Waals surface area (Å²) in [6, 6.07) is 3.28. The average Bonchev–Trinajstić information content (AvgIpc) is 2.25. The fourth-order valence-corrected chi connectivity index (χ4v) is 1.66. The minimum Gasteiger partial charge on any atom is -0.497 e. The van der Waals surface area contributed by atoms with Crippen molar-refractivity contribution < 1.29 is 19.4 Å². The van der Waals surface area contributed by atoms with Crippen LogP contribution in [-0.4, -0.2) is 25.3 Å². The minimum atomic E-state index is -1.02. The smallest absolute Gasteiger partial charge is 0.339 e. The second-order valence-corrected chi connectivity index (χ2v) is 4.81. The Bertz CT molecular complexity index is 430. The molecule has 0 aromatic heterocycles. The number of aromatic carboxylic acids is 1. The van der Waals surface area contributed by atoms with Crippen molar-refractivity contribution >= 4 is 5.97 Å². The predicted octanol–water partition coefficient (Wildman–Crippen LogP) is 2.70. The Balaban J connectivity index is 3.56. The van der Waals surface area contributed by atoms with Crippen LogP contribution in [0.3, 0.4) is 0 Å². The zero-order valence-electron chi connectivity index (χ0n) is 10.8. The summed E-state index contributed by atoms with van der Waals surface area (Å²) in [7, 11) is 2.99. The van der Waals surface area contributed by atoms with Crippen LogP contribution in [0.2, 0.25) is 0 Å². The SMILES string of the molecule is COc1cc(C(=O)O)c(OC)c(C(C)(C)C)c1. The van der Waals surface area contributed by atoms with Gasteiger partial charge in [0.1, 0.15) is 17.1 Å². The first-order valence-corrected chi connectivity index (χ1v) is 5.31. The summed E-state index contributed by atoms with van der Waals surface area (Å²) in [5.41, 5.74) is 0.720. The first-order chi connectivity index (χ1) is 7.81. The molecule has 0 saturated heterocycles. The standard InChI is InChI=1S/C13H18O4/c1-13(2,3)10-7-8(16-4)6-9(12(14)15)11(10)17-5/h6-7H,1-5H3,(H,14,15). The number of methoxy groups -OCH3 is 2. The number of hydrogen-bond acceptors (Lipinski definition) is 3. The number of hydrogen-bond donors (Lipinski definition) is 1. The van der Waals surface area contributed by atoms with Gasteiger partial charge in [-0.25, -0.2) is 4.79 Å². The van der Waals surface area contributed by atoms with Gasteiger partial charge < -0.3 is 14.6 Å². The summed E-state index contributed by atoms with van der Waals surface area (Å²) in [4.78, 5) is 11.2. The van der Waals surface area contributed by atoms with Crippen LogP contribution < -0.4 is 9.47 Å². The van der Waals surface area contributed by atoms with Gasteiger partial charge in [0.15, 0.2) is 0 Å². The van der Waals surface area contributed by atoms with Gasteiger partial charge in [-0.2, -0.15) is 0 Å². The van der Waals surface area contributed by atoms with Gasteiger partial charge >= 0.3 is 5.97 Å². The molecule has 17 heavy (non-hydrogen) atoms. The van der Waals surface area contributed by atoms with Crippen molar-refractivity contribution in [3.8, 4) is 11.5 Å². The molecule has 0 unspecified atom stereocenters. The van der Waals surface area contributed by atoms with Crippen LogP contribution in [0, 0.1) is 0 Å². The number of carboxylic acids is 1. The topological polar surface area (TPSA) is 55.8 Å². The van der Waals surface area contributed by atoms with Crippen molar-refractivity contribution in [1.82, 2.24) is 0 Å². The molecule has 0 aliphatic heterocycles. The lowest BCUT2D eigenvalue weighted by atomic mass is 9.85. The summed E-state index contributed by atoms with van der Waals surface area (Å²) in [6.45, 7) is 5.99. The number of ether oxygens (including phenoxy) is 2. The van der Waals surface area contributed by atoms with E-state index in [2.05, 4.69) is 0 Å². The molecule has 0 fully saturated rings. The molecule has 0 heterocycles. The van der Waals surface area contributed by atoms with Crippen molar-refractivity contribution in [3.63, 3.8) is 0 Å². The maximum Gasteiger partial charge on any atom is 0.339 e. The second kappa shape index (κ2) is 4.65. The van der Waals surface area contributed by atoms with Crippen LogP contribution in [0.5, 0.6) is 11.5 Å². The molecule has 0 atom stereocenters. The molecular formula is C13H18O4. The Morgan fingerprint density at radius 2 is 1.76 bits per heavy atom. The predicted molar refractivity (Wildman–Crippen MR) is 65.2 cm³/mol. The van der Waals surface area contributed by atoms with E-state index in [1.807, 2.05) is 26.8 Å². The Labute approximate surface area is 101 Å². The molecule has 1 aromatic rings. The normalized spacial score (nSPS) is 11.1. The number of rotatable bonds is 3. The minimum absolute atomic E-state index is 0.122. The highest BCUT2D eigenvalue weighted by molar-refractivity contribution is 5.92. The highest BCUT2D eigenvalue weighted by Gasteiger charge is 2.25. The fourth-order valence-electron chi connectivity index (χ4n) is 1.66. The number of benzene rings is 1. The van der Waals surface area contributed by atoms with Gasteiger partial charge in [0.25, 0.3) is 0 Å². The molecule has 1 aromatic carbocycles. The summed E-state index contributed by atoms with van der Waals surface area (Å²) in [5.74, 6) is -0.106. The van der Waals surface area contributed by atoms with E-state index in [9.17, 15) is 9.90 Å². The van der Waals surface area contributed by atoms with Gasteiger partial charge in [0.2, 0.25) is 0 Å². The van der Waals surface area contributed by atoms with Crippen LogP contribution in [0.4, 0.5) is 0 Å². The third-order valence-electron chi connectivity index (χ3n) is 2.54. The molecule has 94 valence electrons. The maximum atomic E-state index is 11.2. The van der Waals surface area contributed by atoms with E-state index >= 15 is 0 Å². The van der Waals surface area contributed by atoms with Crippen LogP contribution in [-0.2, 0) is 5.41 Å². The summed E-state index contributed by atoms with van der Waals surface area (Å²) >= 11 is 0. The third kappa shape index (κ3) is 2.70. The van der Waals surface area contributed by atoms with Crippen LogP contribution in [0.15, 0.2) is 12.1 Å². The Kier molecular flexibility index (Phi) is 3.66. The molecule has 0 bridgehead atoms. The lowest BCUT2D eigenvalue weighted by Gasteiger charge is -2.24. The molecule has 0 aliphatic carbocycles. The summed E-state index contributed by atoms with van der Waals surface area (Å²) in [6.07, 6.45) is 0. The van der Waals surface area contributed by atoms with Crippen molar-refractivity contribution in [3.05, 3.63) is 23.3 Å². The summed E-state index contributed by atoms with van der Waals surface area (Å²) < 4.78 is 10.3. The van der Waals surface area contributed by atoms with Gasteiger partial charge in [-0.15, -0.1) is 0 Å². The van der Waals surface area contributed by atoms with E-state index < -0.39 is 5.97 Å². The van der Waals surface area contributed by atoms with Crippen molar-refractivity contribution in [2.24, 2.45) is 0 Å². The van der Waals surface area contributed by atoms with Gasteiger partial charge in [0, 0.05) is 5.56 Å². The molecule has 0 saturated carbocycles. The molecule has 0 radical (unpaired) electrons. The first-order valence-electron chi connectivity index (χ1n) is 5.31. The van der Waals surface area contributed by atoms with E-state index in [4.69, 9.17) is 9.47 Å². The Hall–Kier alpha value is -1.71. The van der Waals surface area contributed by atoms with Crippen LogP contribution >= 0.6 is 0 Å². The molecule has 1 N–H and O–H groups in total. The average molecular weight is 238 g/mol. The highest BCUT2D eigenvalue weighted by atomic mass is 16.5. The molecule has 0 spiro atoms. The third-order valence-corrected chi connectivity index (χ3v) is 2.54. The maximum absolute atomic E-state index is 11.2. The van der Waals surface area contributed by atoms with Crippen LogP contribution in [0.25, 0.3) is 0 Å². The van der Waals surface area contributed by atoms with Crippen molar-refractivity contribution in [1.29, 1.82) is 0 Å². The Morgan fingerprint density at radius 1 is 1.18 bits per heavy atom. The second-order valence-electron chi connectivity index (χ2n) is 4.81. The molecular weight excluding hydrogens is 220 g/mol. The lowest BCUT2D eigenvalue weighted by Crippen LogP contribution is -2.15. The molecule has 4 nitrogen and oxygen atoms in total. The molecule has 0 aliphatic rings. The molecule has 4 heteroatoms. The van der Waals surface area contributed by atoms with E-state index in [0.717, 1.165) is 5.56 Å². The zero-order valence-corrected chi connectivity index (χ0v) is 10.8. The molecule has 0 amide bonds. The van der Waals surface area contributed by atoms with Crippen molar-refractivity contribution in [2.45, 2.75) is 26.2 Å². The van der Waals surface area contributed by atoms with E-state index in [1.165, 1.54) is 20.3 Å². The van der Waals surface area contributed by atoms with Gasteiger partial charge in [-0.05, 0) is 17.5 Å². The fraction of sp³-hybridized carbons (Fsp3) is 0.462. The number of carbonyl (C=O) groups is 1. The van der Waals surface area contributed by atoms with Gasteiger partial charge in [0.05, 0.1) is 14.2 Å². The van der Waals surface area contributed by atoms with Gasteiger partial charge in [-0.3, -0.25) is 0 Å². The largest absolute Gasteiger partial charge is 0.497 e.